The lowest BCUT2D eigenvalue weighted by atomic mass is 9.79. The van der Waals surface area contributed by atoms with Gasteiger partial charge in [-0.1, -0.05) is 56.6 Å². The van der Waals surface area contributed by atoms with Gasteiger partial charge in [0.05, 0.1) is 22.6 Å². The number of nitrogens with one attached hydrogen (secondary N) is 2. The van der Waals surface area contributed by atoms with Crippen LogP contribution < -0.4 is 25.0 Å². The van der Waals surface area contributed by atoms with Crippen molar-refractivity contribution in [3.05, 3.63) is 88.7 Å². The Kier molecular flexibility index (Phi) is 11.8. The van der Waals surface area contributed by atoms with Crippen LogP contribution in [0.5, 0.6) is 11.5 Å². The molecule has 1 aliphatic carbocycles. The predicted octanol–water partition coefficient (Wildman–Crippen LogP) is 8.40. The summed E-state index contributed by atoms with van der Waals surface area (Å²) >= 11 is 6.69. The highest BCUT2D eigenvalue weighted by molar-refractivity contribution is 6.32. The average Bonchev–Trinajstić information content (AvgIpc) is 3.79. The normalized spacial score (nSPS) is 17.3. The summed E-state index contributed by atoms with van der Waals surface area (Å²) in [5, 5.41) is 20.4. The van der Waals surface area contributed by atoms with Gasteiger partial charge in [-0.15, -0.1) is 10.2 Å². The highest BCUT2D eigenvalue weighted by Crippen LogP contribution is 2.42. The minimum atomic E-state index is -0.290. The van der Waals surface area contributed by atoms with Crippen molar-refractivity contribution in [1.29, 1.82) is 0 Å². The summed E-state index contributed by atoms with van der Waals surface area (Å²) < 4.78 is 16.4. The zero-order chi connectivity index (χ0) is 38.5. The number of rotatable bonds is 13. The van der Waals surface area contributed by atoms with Crippen LogP contribution in [0.15, 0.2) is 66.9 Å². The maximum atomic E-state index is 13.3. The highest BCUT2D eigenvalue weighted by Gasteiger charge is 2.29. The van der Waals surface area contributed by atoms with E-state index in [1.807, 2.05) is 50.6 Å². The van der Waals surface area contributed by atoms with E-state index in [-0.39, 0.29) is 17.6 Å². The highest BCUT2D eigenvalue weighted by atomic mass is 35.5. The summed E-state index contributed by atoms with van der Waals surface area (Å²) in [6, 6.07) is 19.7. The molecule has 2 N–H and O–H groups in total. The Morgan fingerprint density at radius 2 is 1.75 bits per heavy atom. The monoisotopic (exact) mass is 767 g/mol. The number of halogens is 1. The van der Waals surface area contributed by atoms with Crippen molar-refractivity contribution in [3.8, 4) is 17.2 Å². The van der Waals surface area contributed by atoms with E-state index in [4.69, 9.17) is 26.2 Å². The number of amides is 2. The van der Waals surface area contributed by atoms with Gasteiger partial charge >= 0.3 is 6.03 Å². The van der Waals surface area contributed by atoms with Gasteiger partial charge in [0.25, 0.3) is 0 Å². The molecule has 0 spiro atoms. The molecule has 1 saturated heterocycles. The van der Waals surface area contributed by atoms with Gasteiger partial charge in [0.2, 0.25) is 5.95 Å². The Balaban J connectivity index is 0.966. The van der Waals surface area contributed by atoms with E-state index in [9.17, 15) is 4.79 Å². The van der Waals surface area contributed by atoms with Gasteiger partial charge in [-0.05, 0) is 100 Å². The van der Waals surface area contributed by atoms with Crippen LogP contribution in [0.2, 0.25) is 5.02 Å². The summed E-state index contributed by atoms with van der Waals surface area (Å²) in [6.45, 7) is 10.1. The molecule has 0 unspecified atom stereocenters. The molecule has 1 fully saturated rings. The van der Waals surface area contributed by atoms with Crippen molar-refractivity contribution in [3.63, 3.8) is 0 Å². The molecule has 292 valence electrons. The van der Waals surface area contributed by atoms with Gasteiger partial charge in [-0.25, -0.2) is 9.48 Å². The summed E-state index contributed by atoms with van der Waals surface area (Å²) in [5.41, 5.74) is 4.61. The molecule has 0 bridgehead atoms. The number of aromatic nitrogens is 5. The molecule has 1 aliphatic heterocycles. The first-order chi connectivity index (χ1) is 26.5. The summed E-state index contributed by atoms with van der Waals surface area (Å²) in [5.74, 6) is 3.31. The van der Waals surface area contributed by atoms with E-state index in [2.05, 4.69) is 80.1 Å². The molecule has 2 amide bonds. The van der Waals surface area contributed by atoms with Crippen LogP contribution in [0.1, 0.15) is 94.6 Å². The predicted molar refractivity (Wildman–Crippen MR) is 218 cm³/mol. The van der Waals surface area contributed by atoms with Crippen LogP contribution >= 0.6 is 11.6 Å². The van der Waals surface area contributed by atoms with E-state index in [0.717, 1.165) is 68.4 Å². The Hall–Kier alpha value is -4.81. The molecule has 0 radical (unpaired) electrons. The molecule has 13 heteroatoms. The molecule has 12 nitrogen and oxygen atoms in total. The maximum absolute atomic E-state index is 13.3. The molecule has 3 aromatic heterocycles. The number of urea groups is 1. The van der Waals surface area contributed by atoms with Crippen LogP contribution in [0.3, 0.4) is 0 Å². The number of carbonyl (C=O) groups is 1. The first kappa shape index (κ1) is 38.5. The fraction of sp³-hybridized carbons (Fsp3) is 0.476. The molecule has 5 aromatic rings. The first-order valence-corrected chi connectivity index (χ1v) is 20.0. The number of anilines is 2. The third-order valence-corrected chi connectivity index (χ3v) is 10.8. The molecule has 2 aliphatic rings. The standard InChI is InChI=1S/C42H54ClN9O3/c1-42(2,3)37-27-39(52(48-37)35-26-30(16-18-34(35)43)54-25-24-49(4)5)45-40(53)44-21-11-12-29-15-19-36(33-14-8-7-13-32(29)33)55-31-17-20-38-46-47-41(51(38)28-31)50-22-9-6-10-23-50/h7-8,13-14,16-18,20,26-29,36H,6,9-12,15,19,21-25H2,1-5H3,(H2,44,45,53)/t29-,36+/m0/s1. The fourth-order valence-corrected chi connectivity index (χ4v) is 7.68. The number of likely N-dealkylation sites (N-methyl/N-ethyl adjacent to an activating group) is 1. The molecular weight excluding hydrogens is 714 g/mol. The van der Waals surface area contributed by atoms with E-state index in [1.54, 1.807) is 10.7 Å². The number of hydrogen-bond donors (Lipinski definition) is 2. The Morgan fingerprint density at radius 3 is 2.53 bits per heavy atom. The molecule has 2 atom stereocenters. The summed E-state index contributed by atoms with van der Waals surface area (Å²) in [7, 11) is 4.01. The van der Waals surface area contributed by atoms with Crippen LogP contribution in [0, 0.1) is 0 Å². The zero-order valence-electron chi connectivity index (χ0n) is 32.7. The van der Waals surface area contributed by atoms with Crippen LogP contribution in [0.4, 0.5) is 16.6 Å². The number of benzene rings is 2. The van der Waals surface area contributed by atoms with Crippen molar-refractivity contribution in [1.82, 2.24) is 34.6 Å². The van der Waals surface area contributed by atoms with Crippen molar-refractivity contribution in [2.75, 3.05) is 57.1 Å². The molecule has 4 heterocycles. The number of ether oxygens (including phenoxy) is 2. The van der Waals surface area contributed by atoms with E-state index in [0.29, 0.717) is 41.3 Å². The van der Waals surface area contributed by atoms with E-state index < -0.39 is 0 Å². The van der Waals surface area contributed by atoms with Gasteiger partial charge in [-0.2, -0.15) is 5.10 Å². The number of pyridine rings is 1. The van der Waals surface area contributed by atoms with Crippen molar-refractivity contribution in [2.24, 2.45) is 0 Å². The van der Waals surface area contributed by atoms with E-state index in [1.165, 1.54) is 30.4 Å². The number of nitrogens with zero attached hydrogens (tertiary/aromatic N) is 7. The molecular formula is C42H54ClN9O3. The van der Waals surface area contributed by atoms with Crippen molar-refractivity contribution >= 4 is 35.0 Å². The van der Waals surface area contributed by atoms with Crippen LogP contribution in [-0.2, 0) is 5.41 Å². The minimum Gasteiger partial charge on any atom is -0.492 e. The number of hydrogen-bond acceptors (Lipinski definition) is 8. The van der Waals surface area contributed by atoms with Gasteiger partial charge in [0, 0.05) is 43.7 Å². The number of fused-ring (bicyclic) bond motifs is 2. The lowest BCUT2D eigenvalue weighted by molar-refractivity contribution is 0.174. The van der Waals surface area contributed by atoms with Crippen LogP contribution in [0.25, 0.3) is 11.3 Å². The first-order valence-electron chi connectivity index (χ1n) is 19.6. The van der Waals surface area contributed by atoms with Gasteiger partial charge in [-0.3, -0.25) is 9.72 Å². The Morgan fingerprint density at radius 1 is 0.964 bits per heavy atom. The number of carbonyl (C=O) groups excluding carboxylic acids is 1. The minimum absolute atomic E-state index is 0.0367. The topological polar surface area (TPSA) is 114 Å². The van der Waals surface area contributed by atoms with Crippen molar-refractivity contribution in [2.45, 2.75) is 83.2 Å². The zero-order valence-corrected chi connectivity index (χ0v) is 33.5. The largest absolute Gasteiger partial charge is 0.492 e. The summed E-state index contributed by atoms with van der Waals surface area (Å²) in [4.78, 5) is 17.7. The Bertz CT molecular complexity index is 2080. The number of piperidine rings is 1. The molecule has 7 rings (SSSR count). The SMILES string of the molecule is CN(C)CCOc1ccc(Cl)c(-n2nc(C(C)(C)C)cc2NC(=O)NCCC[C@H]2CC[C@@H](Oc3ccc4nnc(N5CCCCC5)n4c3)c3ccccc32)c1. The second kappa shape index (κ2) is 16.9. The lowest BCUT2D eigenvalue weighted by Gasteiger charge is -2.32. The van der Waals surface area contributed by atoms with E-state index >= 15 is 0 Å². The third kappa shape index (κ3) is 9.19. The van der Waals surface area contributed by atoms with Crippen LogP contribution in [-0.4, -0.2) is 82.2 Å². The molecule has 0 saturated carbocycles. The Labute approximate surface area is 329 Å². The second-order valence-corrected chi connectivity index (χ2v) is 16.4. The smallest absolute Gasteiger partial charge is 0.320 e. The quantitative estimate of drug-likeness (QED) is 0.115. The fourth-order valence-electron chi connectivity index (χ4n) is 7.49. The van der Waals surface area contributed by atoms with Gasteiger partial charge < -0.3 is 24.6 Å². The van der Waals surface area contributed by atoms with Gasteiger partial charge in [0.15, 0.2) is 5.65 Å². The lowest BCUT2D eigenvalue weighted by Crippen LogP contribution is -2.31. The molecule has 2 aromatic carbocycles. The maximum Gasteiger partial charge on any atom is 0.320 e. The second-order valence-electron chi connectivity index (χ2n) is 16.0. The van der Waals surface area contributed by atoms with Gasteiger partial charge in [0.1, 0.15) is 30.0 Å². The average molecular weight is 768 g/mol. The third-order valence-electron chi connectivity index (χ3n) is 10.5. The van der Waals surface area contributed by atoms with Crippen molar-refractivity contribution < 1.29 is 14.3 Å². The summed E-state index contributed by atoms with van der Waals surface area (Å²) in [6.07, 6.45) is 9.35. The molecule has 55 heavy (non-hydrogen) atoms.